The summed E-state index contributed by atoms with van der Waals surface area (Å²) in [6, 6.07) is 13.2. The summed E-state index contributed by atoms with van der Waals surface area (Å²) in [5.41, 5.74) is 2.81. The van der Waals surface area contributed by atoms with Gasteiger partial charge in [-0.05, 0) is 31.2 Å². The number of rotatable bonds is 7. The molecule has 0 aliphatic heterocycles. The lowest BCUT2D eigenvalue weighted by molar-refractivity contribution is -0.121. The van der Waals surface area contributed by atoms with Crippen LogP contribution in [0.5, 0.6) is 11.5 Å². The summed E-state index contributed by atoms with van der Waals surface area (Å²) >= 11 is 0. The van der Waals surface area contributed by atoms with Crippen molar-refractivity contribution in [2.24, 2.45) is 0 Å². The summed E-state index contributed by atoms with van der Waals surface area (Å²) in [6.45, 7) is 1.93. The molecule has 2 N–H and O–H groups in total. The number of nitrogens with zero attached hydrogens (tertiary/aromatic N) is 1. The molecule has 0 aliphatic rings. The number of H-pyrrole nitrogens is 1. The molecule has 3 aromatic rings. The molecule has 1 aromatic heterocycles. The van der Waals surface area contributed by atoms with E-state index in [0.29, 0.717) is 24.3 Å². The molecule has 1 atom stereocenters. The third-order valence-corrected chi connectivity index (χ3v) is 4.31. The molecule has 6 nitrogen and oxygen atoms in total. The summed E-state index contributed by atoms with van der Waals surface area (Å²) < 4.78 is 10.6. The van der Waals surface area contributed by atoms with E-state index in [9.17, 15) is 4.79 Å². The number of aryl methyl sites for hydroxylation is 1. The smallest absolute Gasteiger partial charge is 0.220 e. The average molecular weight is 353 g/mol. The van der Waals surface area contributed by atoms with E-state index >= 15 is 0 Å². The average Bonchev–Trinajstić information content (AvgIpc) is 3.08. The van der Waals surface area contributed by atoms with Gasteiger partial charge in [-0.15, -0.1) is 0 Å². The Bertz CT molecular complexity index is 871. The largest absolute Gasteiger partial charge is 0.497 e. The Morgan fingerprint density at radius 3 is 2.73 bits per heavy atom. The Hall–Kier alpha value is -3.02. The highest BCUT2D eigenvalue weighted by Crippen LogP contribution is 2.29. The highest BCUT2D eigenvalue weighted by atomic mass is 16.5. The lowest BCUT2D eigenvalue weighted by Gasteiger charge is -2.18. The third-order valence-electron chi connectivity index (χ3n) is 4.31. The molecule has 1 unspecified atom stereocenters. The highest BCUT2D eigenvalue weighted by Gasteiger charge is 2.15. The zero-order valence-corrected chi connectivity index (χ0v) is 15.2. The van der Waals surface area contributed by atoms with Crippen LogP contribution in [0.3, 0.4) is 0 Å². The van der Waals surface area contributed by atoms with Crippen molar-refractivity contribution in [1.29, 1.82) is 0 Å². The number of amides is 1. The zero-order valence-electron chi connectivity index (χ0n) is 15.2. The number of fused-ring (bicyclic) bond motifs is 1. The molecular formula is C20H23N3O3. The number of aromatic nitrogens is 2. The second-order valence-corrected chi connectivity index (χ2v) is 6.10. The molecule has 0 spiro atoms. The molecule has 0 saturated carbocycles. The minimum absolute atomic E-state index is 0.0316. The van der Waals surface area contributed by atoms with E-state index in [1.807, 2.05) is 49.4 Å². The number of benzene rings is 2. The first-order valence-corrected chi connectivity index (χ1v) is 8.55. The van der Waals surface area contributed by atoms with Crippen LogP contribution in [0.1, 0.15) is 30.8 Å². The van der Waals surface area contributed by atoms with Gasteiger partial charge in [0.15, 0.2) is 0 Å². The van der Waals surface area contributed by atoms with E-state index in [0.717, 1.165) is 22.4 Å². The van der Waals surface area contributed by atoms with Crippen LogP contribution >= 0.6 is 0 Å². The maximum Gasteiger partial charge on any atom is 0.220 e. The molecule has 1 heterocycles. The topological polar surface area (TPSA) is 76.2 Å². The van der Waals surface area contributed by atoms with Crippen LogP contribution in [0.2, 0.25) is 0 Å². The number of methoxy groups -OCH3 is 2. The lowest BCUT2D eigenvalue weighted by atomic mass is 10.1. The predicted octanol–water partition coefficient (Wildman–Crippen LogP) is 3.39. The summed E-state index contributed by atoms with van der Waals surface area (Å²) in [5.74, 6) is 2.19. The molecular weight excluding hydrogens is 330 g/mol. The van der Waals surface area contributed by atoms with Crippen LogP contribution in [0.25, 0.3) is 11.0 Å². The van der Waals surface area contributed by atoms with Gasteiger partial charge in [0.1, 0.15) is 17.3 Å². The number of carbonyl (C=O) groups is 1. The molecule has 0 radical (unpaired) electrons. The first-order chi connectivity index (χ1) is 12.6. The highest BCUT2D eigenvalue weighted by molar-refractivity contribution is 5.77. The van der Waals surface area contributed by atoms with Gasteiger partial charge in [-0.25, -0.2) is 4.98 Å². The van der Waals surface area contributed by atoms with E-state index in [-0.39, 0.29) is 11.9 Å². The Morgan fingerprint density at radius 1 is 1.19 bits per heavy atom. The van der Waals surface area contributed by atoms with Crippen molar-refractivity contribution in [2.45, 2.75) is 25.8 Å². The van der Waals surface area contributed by atoms with Crippen molar-refractivity contribution in [1.82, 2.24) is 15.3 Å². The van der Waals surface area contributed by atoms with Crippen molar-refractivity contribution >= 4 is 16.9 Å². The van der Waals surface area contributed by atoms with Crippen molar-refractivity contribution < 1.29 is 14.3 Å². The van der Waals surface area contributed by atoms with Crippen molar-refractivity contribution in [3.63, 3.8) is 0 Å². The summed E-state index contributed by atoms with van der Waals surface area (Å²) in [6.07, 6.45) is 0.926. The minimum Gasteiger partial charge on any atom is -0.497 e. The SMILES string of the molecule is COc1ccc(C(C)NC(=O)CCc2nc3ccccc3[nH]2)c(OC)c1. The molecule has 2 aromatic carbocycles. The number of ether oxygens (including phenoxy) is 2. The maximum absolute atomic E-state index is 12.3. The van der Waals surface area contributed by atoms with Crippen LogP contribution in [0, 0.1) is 0 Å². The molecule has 26 heavy (non-hydrogen) atoms. The van der Waals surface area contributed by atoms with E-state index < -0.39 is 0 Å². The number of aromatic amines is 1. The maximum atomic E-state index is 12.3. The Kier molecular flexibility index (Phi) is 5.41. The van der Waals surface area contributed by atoms with E-state index in [2.05, 4.69) is 15.3 Å². The van der Waals surface area contributed by atoms with Gasteiger partial charge in [0.05, 0.1) is 31.3 Å². The van der Waals surface area contributed by atoms with Gasteiger partial charge in [-0.1, -0.05) is 12.1 Å². The lowest BCUT2D eigenvalue weighted by Crippen LogP contribution is -2.27. The summed E-state index contributed by atoms with van der Waals surface area (Å²) in [7, 11) is 3.21. The Labute approximate surface area is 152 Å². The second-order valence-electron chi connectivity index (χ2n) is 6.10. The Morgan fingerprint density at radius 2 is 2.00 bits per heavy atom. The molecule has 3 rings (SSSR count). The number of carbonyl (C=O) groups excluding carboxylic acids is 1. The van der Waals surface area contributed by atoms with E-state index in [4.69, 9.17) is 9.47 Å². The molecule has 0 bridgehead atoms. The molecule has 136 valence electrons. The van der Waals surface area contributed by atoms with Crippen LogP contribution < -0.4 is 14.8 Å². The fraction of sp³-hybridized carbons (Fsp3) is 0.300. The van der Waals surface area contributed by atoms with Crippen molar-refractivity contribution in [2.75, 3.05) is 14.2 Å². The predicted molar refractivity (Wildman–Crippen MR) is 101 cm³/mol. The van der Waals surface area contributed by atoms with E-state index in [1.165, 1.54) is 0 Å². The quantitative estimate of drug-likeness (QED) is 0.683. The second kappa shape index (κ2) is 7.91. The number of imidazole rings is 1. The van der Waals surface area contributed by atoms with Crippen LogP contribution in [0.4, 0.5) is 0 Å². The van der Waals surface area contributed by atoms with Crippen LogP contribution in [-0.4, -0.2) is 30.1 Å². The van der Waals surface area contributed by atoms with Gasteiger partial charge in [-0.2, -0.15) is 0 Å². The fourth-order valence-electron chi connectivity index (χ4n) is 2.92. The molecule has 0 fully saturated rings. The van der Waals surface area contributed by atoms with Gasteiger partial charge in [0.25, 0.3) is 0 Å². The first kappa shape index (κ1) is 17.8. The minimum atomic E-state index is -0.168. The standard InChI is InChI=1S/C20H23N3O3/c1-13(15-9-8-14(25-2)12-18(15)26-3)21-20(24)11-10-19-22-16-6-4-5-7-17(16)23-19/h4-9,12-13H,10-11H2,1-3H3,(H,21,24)(H,22,23). The number of hydrogen-bond acceptors (Lipinski definition) is 4. The van der Waals surface area contributed by atoms with Crippen LogP contribution in [-0.2, 0) is 11.2 Å². The molecule has 0 aliphatic carbocycles. The van der Waals surface area contributed by atoms with Gasteiger partial charge < -0.3 is 19.8 Å². The monoisotopic (exact) mass is 353 g/mol. The van der Waals surface area contributed by atoms with Crippen molar-refractivity contribution in [3.05, 3.63) is 53.9 Å². The van der Waals surface area contributed by atoms with Gasteiger partial charge in [0, 0.05) is 24.5 Å². The van der Waals surface area contributed by atoms with Gasteiger partial charge in [-0.3, -0.25) is 4.79 Å². The first-order valence-electron chi connectivity index (χ1n) is 8.55. The molecule has 6 heteroatoms. The number of para-hydroxylation sites is 2. The zero-order chi connectivity index (χ0) is 18.5. The number of hydrogen-bond donors (Lipinski definition) is 2. The third kappa shape index (κ3) is 3.96. The normalized spacial score (nSPS) is 12.0. The fourth-order valence-corrected chi connectivity index (χ4v) is 2.92. The van der Waals surface area contributed by atoms with E-state index in [1.54, 1.807) is 14.2 Å². The van der Waals surface area contributed by atoms with Gasteiger partial charge >= 0.3 is 0 Å². The molecule has 1 amide bonds. The number of nitrogens with one attached hydrogen (secondary N) is 2. The van der Waals surface area contributed by atoms with Crippen molar-refractivity contribution in [3.8, 4) is 11.5 Å². The summed E-state index contributed by atoms with van der Waals surface area (Å²) in [5, 5.41) is 3.01. The summed E-state index contributed by atoms with van der Waals surface area (Å²) in [4.78, 5) is 20.1. The Balaban J connectivity index is 1.60. The van der Waals surface area contributed by atoms with Crippen LogP contribution in [0.15, 0.2) is 42.5 Å². The molecule has 0 saturated heterocycles. The van der Waals surface area contributed by atoms with Gasteiger partial charge in [0.2, 0.25) is 5.91 Å².